The van der Waals surface area contributed by atoms with Gasteiger partial charge in [-0.1, -0.05) is 128 Å². The van der Waals surface area contributed by atoms with E-state index >= 15 is 0 Å². The zero-order valence-electron chi connectivity index (χ0n) is 44.7. The molecule has 3 amide bonds. The number of halogens is 2. The standard InChI is InChI=1S/C23H40N4O5.C18H22F2N2O2.C5H10.C3H4O2.2C2H6.3H2/c1-7-9-14-10-11-27(19(29)18(22(3,4)5)26-21(31)32)17(14)16(28)13-25-23(20(30)24-6)12-15(23)8-2;1-24-13-8-9-14-15(11-13)22-17(23)16(21-14)18(19,20)10-4-2-3-5-12-6-7-12;1-5(2)3-4-5;1-2-5-3-4;2*1-2;;;/h14-15,17-18,25-26H,7-13H2,1-6H3,(H,24,30)(H,31,32);8-9,11-12H,2-7,10H2,1H3,(H,22,23);3-4H2,1-2H3;2-3H,1H2;2*1-2H3;3*1H/t14-,15?,17?,18-,23?;;;;;;;;/m1......../s1. The summed E-state index contributed by atoms with van der Waals surface area (Å²) >= 11 is 0. The highest BCUT2D eigenvalue weighted by atomic mass is 19.3. The van der Waals surface area contributed by atoms with Gasteiger partial charge in [-0.15, -0.1) is 0 Å². The van der Waals surface area contributed by atoms with Crippen LogP contribution in [0.5, 0.6) is 5.75 Å². The van der Waals surface area contributed by atoms with E-state index in [0.717, 1.165) is 56.1 Å². The molecular weight excluding hydrogens is 903 g/mol. The average Bonchev–Trinajstić information content (AvgIpc) is 4.30. The number of likely N-dealkylation sites (N-methyl/N-ethyl adjacent to an activating group) is 1. The molecule has 2 heterocycles. The van der Waals surface area contributed by atoms with Crippen molar-refractivity contribution in [3.8, 4) is 5.75 Å². The lowest BCUT2D eigenvalue weighted by atomic mass is 9.85. The second-order valence-corrected chi connectivity index (χ2v) is 19.9. The fourth-order valence-corrected chi connectivity index (χ4v) is 8.33. The molecule has 1 saturated heterocycles. The molecule has 17 heteroatoms. The summed E-state index contributed by atoms with van der Waals surface area (Å²) in [7, 11) is 3.09. The number of benzene rings is 1. The quantitative estimate of drug-likeness (QED) is 0.0479. The van der Waals surface area contributed by atoms with Crippen LogP contribution < -0.4 is 26.2 Å². The monoisotopic (exact) mass is 997 g/mol. The molecule has 0 spiro atoms. The van der Waals surface area contributed by atoms with Crippen molar-refractivity contribution in [2.75, 3.05) is 27.2 Å². The number of aromatic nitrogens is 2. The van der Waals surface area contributed by atoms with Crippen LogP contribution in [0.4, 0.5) is 13.6 Å². The summed E-state index contributed by atoms with van der Waals surface area (Å²) < 4.78 is 37.7. The lowest BCUT2D eigenvalue weighted by Gasteiger charge is -2.35. The van der Waals surface area contributed by atoms with Crippen molar-refractivity contribution in [2.45, 2.75) is 190 Å². The predicted octanol–water partition coefficient (Wildman–Crippen LogP) is 11.0. The number of unbranched alkanes of at least 4 members (excludes halogenated alkanes) is 2. The number of carbonyl (C=O) groups is 5. The highest BCUT2D eigenvalue weighted by Gasteiger charge is 2.59. The molecule has 70 heavy (non-hydrogen) atoms. The van der Waals surface area contributed by atoms with Crippen molar-refractivity contribution in [1.29, 1.82) is 0 Å². The second-order valence-electron chi connectivity index (χ2n) is 19.9. The van der Waals surface area contributed by atoms with Gasteiger partial charge in [-0.25, -0.2) is 9.78 Å². The zero-order chi connectivity index (χ0) is 53.5. The minimum absolute atomic E-state index is 0. The molecule has 1 aliphatic heterocycles. The predicted molar refractivity (Wildman–Crippen MR) is 279 cm³/mol. The number of fused-ring (bicyclic) bond motifs is 1. The van der Waals surface area contributed by atoms with Crippen molar-refractivity contribution in [1.82, 2.24) is 30.8 Å². The fraction of sp³-hybridized carbons (Fsp3) is 0.717. The molecule has 2 aromatic rings. The third-order valence-electron chi connectivity index (χ3n) is 12.9. The maximum absolute atomic E-state index is 14.4. The molecule has 5 N–H and O–H groups in total. The topological polar surface area (TPSA) is 209 Å². The van der Waals surface area contributed by atoms with Gasteiger partial charge in [0.25, 0.3) is 18.0 Å². The minimum atomic E-state index is -3.21. The first-order chi connectivity index (χ1) is 33.0. The van der Waals surface area contributed by atoms with Gasteiger partial charge in [0.2, 0.25) is 11.8 Å². The number of hydrogen-bond donors (Lipinski definition) is 5. The van der Waals surface area contributed by atoms with E-state index in [1.807, 2.05) is 41.5 Å². The van der Waals surface area contributed by atoms with Gasteiger partial charge in [0.1, 0.15) is 17.3 Å². The maximum atomic E-state index is 14.4. The number of methoxy groups -OCH3 is 1. The first-order valence-electron chi connectivity index (χ1n) is 25.5. The van der Waals surface area contributed by atoms with Crippen LogP contribution in [0.2, 0.25) is 0 Å². The summed E-state index contributed by atoms with van der Waals surface area (Å²) in [6, 6.07) is 3.21. The molecule has 3 saturated carbocycles. The maximum Gasteiger partial charge on any atom is 0.405 e. The number of ether oxygens (including phenoxy) is 2. The van der Waals surface area contributed by atoms with E-state index in [1.165, 1.54) is 32.8 Å². The third kappa shape index (κ3) is 20.1. The van der Waals surface area contributed by atoms with Crippen LogP contribution in [0.15, 0.2) is 35.8 Å². The zero-order valence-corrected chi connectivity index (χ0v) is 44.7. The van der Waals surface area contributed by atoms with Crippen LogP contribution in [0.3, 0.4) is 0 Å². The van der Waals surface area contributed by atoms with Gasteiger partial charge in [0, 0.05) is 30.4 Å². The van der Waals surface area contributed by atoms with Crippen LogP contribution in [0.25, 0.3) is 11.0 Å². The fourth-order valence-electron chi connectivity index (χ4n) is 8.33. The smallest absolute Gasteiger partial charge is 0.405 e. The van der Waals surface area contributed by atoms with E-state index < -0.39 is 46.3 Å². The number of rotatable bonds is 20. The Hall–Kier alpha value is -4.93. The molecule has 4 aliphatic rings. The number of likely N-dealkylation sites (tertiary alicyclic amines) is 1. The Bertz CT molecular complexity index is 2020. The molecule has 0 bridgehead atoms. The molecule has 3 unspecified atom stereocenters. The van der Waals surface area contributed by atoms with E-state index in [4.69, 9.17) is 9.53 Å². The number of H-pyrrole nitrogens is 1. The Labute approximate surface area is 420 Å². The van der Waals surface area contributed by atoms with E-state index in [1.54, 1.807) is 50.9 Å². The summed E-state index contributed by atoms with van der Waals surface area (Å²) in [5.74, 6) is -2.23. The van der Waals surface area contributed by atoms with Crippen molar-refractivity contribution >= 4 is 41.2 Å². The van der Waals surface area contributed by atoms with Crippen LogP contribution in [0.1, 0.15) is 176 Å². The SMILES string of the molecule is C=COC=O.CC.CC.CC1(C)CC1.CCC[C@@H]1CCN(C(=O)[C@@H](NC(=O)O)C(C)(C)C)C1C(=O)CNC1(C(=O)NC)CC1CC.COc1ccc2nc(C(F)(F)CCCCCC3CC3)c(=O)[nH]c2c1.[HH].[HH].[HH]. The van der Waals surface area contributed by atoms with Gasteiger partial charge in [0.05, 0.1) is 37.0 Å². The number of carboxylic acid groups (broad SMARTS) is 1. The number of nitrogens with zero attached hydrogens (tertiary/aromatic N) is 2. The highest BCUT2D eigenvalue weighted by Crippen LogP contribution is 2.46. The van der Waals surface area contributed by atoms with Crippen LogP contribution in [0, 0.1) is 28.6 Å². The lowest BCUT2D eigenvalue weighted by Crippen LogP contribution is -2.58. The number of ketones is 1. The Morgan fingerprint density at radius 1 is 1.04 bits per heavy atom. The molecule has 1 aromatic heterocycles. The van der Waals surface area contributed by atoms with E-state index in [0.29, 0.717) is 49.1 Å². The molecule has 404 valence electrons. The third-order valence-corrected chi connectivity index (χ3v) is 12.9. The van der Waals surface area contributed by atoms with Crippen LogP contribution in [-0.4, -0.2) is 95.0 Å². The molecule has 15 nitrogen and oxygen atoms in total. The molecule has 0 radical (unpaired) electrons. The van der Waals surface area contributed by atoms with E-state index in [9.17, 15) is 37.9 Å². The molecule has 3 aliphatic carbocycles. The number of amides is 3. The number of nitrogens with one attached hydrogen (secondary N) is 4. The first kappa shape index (κ1) is 63.1. The number of Topliss-reactive ketones (excluding diaryl/α,β-unsaturated/α-hetero) is 1. The summed E-state index contributed by atoms with van der Waals surface area (Å²) in [5, 5.41) is 17.5. The number of carbonyl (C=O) groups excluding carboxylic acids is 4. The van der Waals surface area contributed by atoms with Crippen LogP contribution >= 0.6 is 0 Å². The van der Waals surface area contributed by atoms with Gasteiger partial charge >= 0.3 is 6.09 Å². The van der Waals surface area contributed by atoms with Gasteiger partial charge in [-0.2, -0.15) is 8.78 Å². The summed E-state index contributed by atoms with van der Waals surface area (Å²) in [6.45, 7) is 25.9. The van der Waals surface area contributed by atoms with Gasteiger partial charge in [-0.3, -0.25) is 29.3 Å². The second kappa shape index (κ2) is 30.1. The molecule has 6 rings (SSSR count). The van der Waals surface area contributed by atoms with Gasteiger partial charge in [-0.05, 0) is 79.2 Å². The van der Waals surface area contributed by atoms with Crippen molar-refractivity contribution in [3.05, 3.63) is 47.1 Å². The van der Waals surface area contributed by atoms with Gasteiger partial charge in [0.15, 0.2) is 11.5 Å². The lowest BCUT2D eigenvalue weighted by molar-refractivity contribution is -0.142. The molecule has 4 fully saturated rings. The summed E-state index contributed by atoms with van der Waals surface area (Å²) in [6.07, 6.45) is 12.2. The Morgan fingerprint density at radius 2 is 1.67 bits per heavy atom. The van der Waals surface area contributed by atoms with Crippen LogP contribution in [-0.2, 0) is 29.8 Å². The number of aromatic amines is 1. The Balaban J connectivity index is -0.00000105. The molecule has 5 atom stereocenters. The molecule has 1 aromatic carbocycles. The van der Waals surface area contributed by atoms with E-state index in [2.05, 4.69) is 51.1 Å². The minimum Gasteiger partial charge on any atom is -0.497 e. The Kier molecular flexibility index (Phi) is 27.1. The number of hydrogen-bond acceptors (Lipinski definition) is 10. The number of alkyl halides is 2. The highest BCUT2D eigenvalue weighted by molar-refractivity contribution is 5.95. The summed E-state index contributed by atoms with van der Waals surface area (Å²) in [5.41, 5.74) is -1.41. The van der Waals surface area contributed by atoms with Gasteiger partial charge < -0.3 is 35.1 Å². The largest absolute Gasteiger partial charge is 0.497 e. The molecular formula is C53H94F2N6O9. The normalized spacial score (nSPS) is 20.7. The van der Waals surface area contributed by atoms with Crippen molar-refractivity contribution in [3.63, 3.8) is 0 Å². The first-order valence-corrected chi connectivity index (χ1v) is 25.5. The van der Waals surface area contributed by atoms with Crippen molar-refractivity contribution < 1.29 is 51.6 Å². The summed E-state index contributed by atoms with van der Waals surface area (Å²) in [4.78, 5) is 79.7. The van der Waals surface area contributed by atoms with E-state index in [-0.39, 0.29) is 46.7 Å². The van der Waals surface area contributed by atoms with Crippen molar-refractivity contribution in [2.24, 2.45) is 28.6 Å². The average molecular weight is 997 g/mol. The Morgan fingerprint density at radius 3 is 2.13 bits per heavy atom.